The second kappa shape index (κ2) is 4.45. The van der Waals surface area contributed by atoms with Crippen LogP contribution < -0.4 is 0 Å². The van der Waals surface area contributed by atoms with Gasteiger partial charge >= 0.3 is 0 Å². The van der Waals surface area contributed by atoms with Crippen LogP contribution in [-0.2, 0) is 6.42 Å². The van der Waals surface area contributed by atoms with E-state index in [-0.39, 0.29) is 0 Å². The van der Waals surface area contributed by atoms with Crippen molar-refractivity contribution in [2.45, 2.75) is 38.1 Å². The summed E-state index contributed by atoms with van der Waals surface area (Å²) in [7, 11) is 2.49. The van der Waals surface area contributed by atoms with E-state index < -0.39 is 0 Å². The van der Waals surface area contributed by atoms with Gasteiger partial charge in [0.2, 0.25) is 0 Å². The molecule has 3 atom stereocenters. The van der Waals surface area contributed by atoms with Gasteiger partial charge in [0.1, 0.15) is 0 Å². The van der Waals surface area contributed by atoms with Gasteiger partial charge in [0.15, 0.2) is 0 Å². The van der Waals surface area contributed by atoms with Gasteiger partial charge in [0.25, 0.3) is 0 Å². The molecule has 1 aromatic carbocycles. The normalized spacial score (nSPS) is 35.4. The first-order chi connectivity index (χ1) is 8.26. The minimum atomic E-state index is 0.996. The number of hydrogen-bond donors (Lipinski definition) is 0. The highest BCUT2D eigenvalue weighted by molar-refractivity contribution is 5.14. The van der Waals surface area contributed by atoms with Crippen LogP contribution in [0, 0.1) is 5.92 Å². The van der Waals surface area contributed by atoms with Crippen molar-refractivity contribution < 1.29 is 4.48 Å². The predicted octanol–water partition coefficient (Wildman–Crippen LogP) is 3.25. The van der Waals surface area contributed by atoms with E-state index in [4.69, 9.17) is 0 Å². The lowest BCUT2D eigenvalue weighted by Gasteiger charge is -2.38. The summed E-state index contributed by atoms with van der Waals surface area (Å²) in [4.78, 5) is 0. The number of benzene rings is 1. The zero-order valence-electron chi connectivity index (χ0n) is 10.9. The largest absolute Gasteiger partial charge is 0.323 e. The summed E-state index contributed by atoms with van der Waals surface area (Å²) in [6.45, 7) is 2.84. The Morgan fingerprint density at radius 3 is 2.65 bits per heavy atom. The van der Waals surface area contributed by atoms with Gasteiger partial charge in [0.05, 0.1) is 26.2 Å². The van der Waals surface area contributed by atoms with Gasteiger partial charge in [-0.25, -0.2) is 0 Å². The Labute approximate surface area is 105 Å². The highest BCUT2D eigenvalue weighted by Gasteiger charge is 2.47. The van der Waals surface area contributed by atoms with E-state index in [0.717, 1.165) is 12.0 Å². The average Bonchev–Trinajstić information content (AvgIpc) is 2.90. The van der Waals surface area contributed by atoms with Crippen molar-refractivity contribution in [1.82, 2.24) is 0 Å². The lowest BCUT2D eigenvalue weighted by atomic mass is 10.1. The molecular formula is C16H24N+. The highest BCUT2D eigenvalue weighted by Crippen LogP contribution is 2.41. The van der Waals surface area contributed by atoms with E-state index >= 15 is 0 Å². The van der Waals surface area contributed by atoms with Crippen molar-refractivity contribution in [3.05, 3.63) is 35.9 Å². The van der Waals surface area contributed by atoms with Crippen LogP contribution in [0.5, 0.6) is 0 Å². The molecule has 1 nitrogen and oxygen atoms in total. The van der Waals surface area contributed by atoms with Gasteiger partial charge in [-0.15, -0.1) is 0 Å². The maximum atomic E-state index is 2.49. The summed E-state index contributed by atoms with van der Waals surface area (Å²) in [5, 5.41) is 0. The fraction of sp³-hybridized carbons (Fsp3) is 0.625. The fourth-order valence-electron chi connectivity index (χ4n) is 4.08. The van der Waals surface area contributed by atoms with Crippen molar-refractivity contribution in [2.75, 3.05) is 20.1 Å². The van der Waals surface area contributed by atoms with Crippen LogP contribution >= 0.6 is 0 Å². The molecule has 1 aliphatic carbocycles. The lowest BCUT2D eigenvalue weighted by Crippen LogP contribution is -2.50. The molecule has 1 saturated carbocycles. The molecule has 2 fully saturated rings. The van der Waals surface area contributed by atoms with Crippen molar-refractivity contribution in [3.63, 3.8) is 0 Å². The zero-order chi connectivity index (χ0) is 11.7. The topological polar surface area (TPSA) is 0 Å². The molecule has 1 heterocycles. The quantitative estimate of drug-likeness (QED) is 0.697. The van der Waals surface area contributed by atoms with E-state index in [2.05, 4.69) is 37.4 Å². The molecule has 2 unspecified atom stereocenters. The standard InChI is InChI=1S/C16H24N/c1-17(13-15-9-10-16(17)12-15)11-5-8-14-6-3-2-4-7-14/h2-4,6-7,15-16H,5,8-13H2,1H3/q+1/t15?,16-,17?/m0/s1. The summed E-state index contributed by atoms with van der Waals surface area (Å²) < 4.78 is 1.37. The third-order valence-electron chi connectivity index (χ3n) is 5.05. The number of likely N-dealkylation sites (tertiary alicyclic amines) is 1. The first-order valence-corrected chi connectivity index (χ1v) is 7.14. The van der Waals surface area contributed by atoms with E-state index in [1.165, 1.54) is 55.2 Å². The molecule has 92 valence electrons. The molecular weight excluding hydrogens is 206 g/mol. The van der Waals surface area contributed by atoms with Gasteiger partial charge in [-0.2, -0.15) is 0 Å². The third-order valence-corrected chi connectivity index (χ3v) is 5.05. The first-order valence-electron chi connectivity index (χ1n) is 7.14. The molecule has 0 N–H and O–H groups in total. The molecule has 17 heavy (non-hydrogen) atoms. The molecule has 1 saturated heterocycles. The van der Waals surface area contributed by atoms with E-state index in [0.29, 0.717) is 0 Å². The zero-order valence-corrected chi connectivity index (χ0v) is 10.9. The Hall–Kier alpha value is -0.820. The number of hydrogen-bond acceptors (Lipinski definition) is 0. The fourth-order valence-corrected chi connectivity index (χ4v) is 4.08. The second-order valence-electron chi connectivity index (χ2n) is 6.31. The SMILES string of the molecule is C[N+]1(CCCc2ccccc2)CC2CC[C@H]1C2. The molecule has 1 aromatic rings. The van der Waals surface area contributed by atoms with Gasteiger partial charge in [-0.05, 0) is 24.8 Å². The first kappa shape index (κ1) is 11.3. The van der Waals surface area contributed by atoms with E-state index in [9.17, 15) is 0 Å². The Kier molecular flexibility index (Phi) is 2.96. The Balaban J connectivity index is 1.52. The molecule has 2 bridgehead atoms. The number of rotatable bonds is 4. The minimum Gasteiger partial charge on any atom is -0.323 e. The molecule has 1 heteroatoms. The molecule has 1 aliphatic heterocycles. The maximum Gasteiger partial charge on any atom is 0.0893 e. The van der Waals surface area contributed by atoms with E-state index in [1.54, 1.807) is 0 Å². The van der Waals surface area contributed by atoms with Crippen LogP contribution in [0.25, 0.3) is 0 Å². The van der Waals surface area contributed by atoms with Gasteiger partial charge in [-0.1, -0.05) is 30.3 Å². The Morgan fingerprint density at radius 1 is 1.18 bits per heavy atom. The highest BCUT2D eigenvalue weighted by atomic mass is 15.4. The lowest BCUT2D eigenvalue weighted by molar-refractivity contribution is -0.926. The van der Waals surface area contributed by atoms with Gasteiger partial charge in [-0.3, -0.25) is 0 Å². The molecule has 0 radical (unpaired) electrons. The van der Waals surface area contributed by atoms with E-state index in [1.807, 2.05) is 0 Å². The molecule has 0 amide bonds. The van der Waals surface area contributed by atoms with Gasteiger partial charge in [0, 0.05) is 18.8 Å². The summed E-state index contributed by atoms with van der Waals surface area (Å²) in [5.74, 6) is 1.06. The molecule has 0 spiro atoms. The summed E-state index contributed by atoms with van der Waals surface area (Å²) >= 11 is 0. The number of fused-ring (bicyclic) bond motifs is 2. The van der Waals surface area contributed by atoms with Crippen LogP contribution in [0.4, 0.5) is 0 Å². The van der Waals surface area contributed by atoms with Crippen LogP contribution in [0.1, 0.15) is 31.2 Å². The molecule has 3 rings (SSSR count). The Bertz CT molecular complexity index is 372. The molecule has 0 aromatic heterocycles. The van der Waals surface area contributed by atoms with Crippen LogP contribution in [0.15, 0.2) is 30.3 Å². The van der Waals surface area contributed by atoms with Crippen LogP contribution in [-0.4, -0.2) is 30.7 Å². The Morgan fingerprint density at radius 2 is 2.00 bits per heavy atom. The van der Waals surface area contributed by atoms with Crippen molar-refractivity contribution in [1.29, 1.82) is 0 Å². The average molecular weight is 230 g/mol. The predicted molar refractivity (Wildman–Crippen MR) is 71.8 cm³/mol. The number of nitrogens with zero attached hydrogens (tertiary/aromatic N) is 1. The van der Waals surface area contributed by atoms with Crippen LogP contribution in [0.3, 0.4) is 0 Å². The second-order valence-corrected chi connectivity index (χ2v) is 6.31. The smallest absolute Gasteiger partial charge is 0.0893 e. The van der Waals surface area contributed by atoms with Crippen molar-refractivity contribution >= 4 is 0 Å². The minimum absolute atomic E-state index is 0.996. The van der Waals surface area contributed by atoms with Gasteiger partial charge < -0.3 is 4.48 Å². The number of quaternary nitrogens is 1. The summed E-state index contributed by atoms with van der Waals surface area (Å²) in [6, 6.07) is 11.9. The summed E-state index contributed by atoms with van der Waals surface area (Å²) in [6.07, 6.45) is 7.13. The monoisotopic (exact) mass is 230 g/mol. The van der Waals surface area contributed by atoms with Crippen molar-refractivity contribution in [3.8, 4) is 0 Å². The van der Waals surface area contributed by atoms with Crippen molar-refractivity contribution in [2.24, 2.45) is 5.92 Å². The summed E-state index contributed by atoms with van der Waals surface area (Å²) in [5.41, 5.74) is 1.50. The maximum absolute atomic E-state index is 2.49. The number of aryl methyl sites for hydroxylation is 1. The number of piperidine rings is 1. The third kappa shape index (κ3) is 2.26. The molecule has 2 aliphatic rings. The van der Waals surface area contributed by atoms with Crippen LogP contribution in [0.2, 0.25) is 0 Å².